The summed E-state index contributed by atoms with van der Waals surface area (Å²) >= 11 is 0. The van der Waals surface area contributed by atoms with Crippen molar-refractivity contribution in [2.75, 3.05) is 0 Å². The molecule has 0 radical (unpaired) electrons. The molecule has 0 spiro atoms. The minimum atomic E-state index is -0.134. The molecule has 2 aromatic heterocycles. The van der Waals surface area contributed by atoms with E-state index in [9.17, 15) is 4.79 Å². The van der Waals surface area contributed by atoms with E-state index >= 15 is 0 Å². The fraction of sp³-hybridized carbons (Fsp3) is 0.375. The summed E-state index contributed by atoms with van der Waals surface area (Å²) in [5, 5.41) is 7.28. The Labute approximate surface area is 133 Å². The number of fused-ring (bicyclic) bond motifs is 1. The first-order valence-electron chi connectivity index (χ1n) is 7.89. The van der Waals surface area contributed by atoms with Crippen LogP contribution in [0.4, 0.5) is 0 Å². The smallest absolute Gasteiger partial charge is 0.287 e. The van der Waals surface area contributed by atoms with Crippen LogP contribution >= 0.6 is 0 Å². The number of para-hydroxylation sites is 2. The van der Waals surface area contributed by atoms with Crippen LogP contribution in [-0.2, 0) is 0 Å². The molecule has 1 aliphatic rings. The van der Waals surface area contributed by atoms with Crippen LogP contribution in [0.3, 0.4) is 0 Å². The molecule has 1 aromatic carbocycles. The average Bonchev–Trinajstić information content (AvgIpc) is 3.25. The number of carbonyl (C=O) groups is 1. The van der Waals surface area contributed by atoms with Gasteiger partial charge in [-0.2, -0.15) is 5.10 Å². The lowest BCUT2D eigenvalue weighted by Crippen LogP contribution is -2.38. The van der Waals surface area contributed by atoms with Gasteiger partial charge in [-0.25, -0.2) is 14.6 Å². The molecule has 23 heavy (non-hydrogen) atoms. The first-order valence-corrected chi connectivity index (χ1v) is 7.89. The van der Waals surface area contributed by atoms with Gasteiger partial charge in [0.25, 0.3) is 5.91 Å². The standard InChI is InChI=1S/C16H18N6O/c23-16(15-20-13-3-1-2-4-14(13)21-15)19-11-5-7-12(8-6-11)22-10-17-9-18-22/h1-4,9-12H,5-8H2,(H,19,23)(H,20,21). The van der Waals surface area contributed by atoms with Crippen molar-refractivity contribution in [1.82, 2.24) is 30.0 Å². The molecule has 0 aliphatic heterocycles. The fourth-order valence-electron chi connectivity index (χ4n) is 3.20. The molecular formula is C16H18N6O. The van der Waals surface area contributed by atoms with Gasteiger partial charge in [0.1, 0.15) is 12.7 Å². The Morgan fingerprint density at radius 1 is 1.22 bits per heavy atom. The van der Waals surface area contributed by atoms with E-state index in [0.717, 1.165) is 36.7 Å². The molecule has 118 valence electrons. The Kier molecular flexibility index (Phi) is 3.53. The van der Waals surface area contributed by atoms with Crippen LogP contribution in [0, 0.1) is 0 Å². The number of nitrogens with one attached hydrogen (secondary N) is 2. The summed E-state index contributed by atoms with van der Waals surface area (Å²) in [4.78, 5) is 23.8. The Balaban J connectivity index is 1.38. The predicted molar refractivity (Wildman–Crippen MR) is 84.9 cm³/mol. The zero-order chi connectivity index (χ0) is 15.6. The minimum absolute atomic E-state index is 0.134. The third-order valence-corrected chi connectivity index (χ3v) is 4.45. The molecule has 3 aromatic rings. The molecule has 0 saturated heterocycles. The van der Waals surface area contributed by atoms with Crippen molar-refractivity contribution in [1.29, 1.82) is 0 Å². The first-order chi connectivity index (χ1) is 11.3. The summed E-state index contributed by atoms with van der Waals surface area (Å²) in [5.41, 5.74) is 1.69. The molecule has 4 rings (SSSR count). The number of nitrogens with zero attached hydrogens (tertiary/aromatic N) is 4. The fourth-order valence-corrected chi connectivity index (χ4v) is 3.20. The highest BCUT2D eigenvalue weighted by Crippen LogP contribution is 2.27. The molecule has 1 amide bonds. The third kappa shape index (κ3) is 2.81. The Bertz CT molecular complexity index is 768. The van der Waals surface area contributed by atoms with Gasteiger partial charge in [-0.3, -0.25) is 4.79 Å². The van der Waals surface area contributed by atoms with Crippen LogP contribution in [0.5, 0.6) is 0 Å². The van der Waals surface area contributed by atoms with Crippen molar-refractivity contribution in [3.63, 3.8) is 0 Å². The van der Waals surface area contributed by atoms with Crippen molar-refractivity contribution in [3.8, 4) is 0 Å². The summed E-state index contributed by atoms with van der Waals surface area (Å²) < 4.78 is 1.91. The van der Waals surface area contributed by atoms with Crippen molar-refractivity contribution < 1.29 is 4.79 Å². The molecule has 0 atom stereocenters. The van der Waals surface area contributed by atoms with E-state index in [-0.39, 0.29) is 11.9 Å². The van der Waals surface area contributed by atoms with Crippen molar-refractivity contribution in [3.05, 3.63) is 42.7 Å². The number of hydrogen-bond acceptors (Lipinski definition) is 4. The summed E-state index contributed by atoms with van der Waals surface area (Å²) in [5.74, 6) is 0.245. The van der Waals surface area contributed by atoms with Crippen LogP contribution in [-0.4, -0.2) is 36.7 Å². The maximum atomic E-state index is 12.4. The highest BCUT2D eigenvalue weighted by atomic mass is 16.2. The number of carbonyl (C=O) groups excluding carboxylic acids is 1. The lowest BCUT2D eigenvalue weighted by molar-refractivity contribution is 0.0912. The van der Waals surface area contributed by atoms with Crippen molar-refractivity contribution in [2.24, 2.45) is 0 Å². The van der Waals surface area contributed by atoms with Crippen LogP contribution < -0.4 is 5.32 Å². The number of benzene rings is 1. The monoisotopic (exact) mass is 310 g/mol. The van der Waals surface area contributed by atoms with E-state index in [2.05, 4.69) is 25.4 Å². The maximum Gasteiger partial charge on any atom is 0.287 e. The quantitative estimate of drug-likeness (QED) is 0.775. The van der Waals surface area contributed by atoms with Crippen LogP contribution in [0.2, 0.25) is 0 Å². The Morgan fingerprint density at radius 2 is 2.04 bits per heavy atom. The van der Waals surface area contributed by atoms with Gasteiger partial charge in [-0.15, -0.1) is 0 Å². The lowest BCUT2D eigenvalue weighted by atomic mass is 9.91. The predicted octanol–water partition coefficient (Wildman–Crippen LogP) is 2.07. The lowest BCUT2D eigenvalue weighted by Gasteiger charge is -2.28. The number of hydrogen-bond donors (Lipinski definition) is 2. The van der Waals surface area contributed by atoms with Gasteiger partial charge in [0.2, 0.25) is 0 Å². The Hall–Kier alpha value is -2.70. The number of rotatable bonds is 3. The summed E-state index contributed by atoms with van der Waals surface area (Å²) in [6.07, 6.45) is 7.20. The molecule has 1 aliphatic carbocycles. The van der Waals surface area contributed by atoms with E-state index < -0.39 is 0 Å². The van der Waals surface area contributed by atoms with Gasteiger partial charge in [0.15, 0.2) is 5.82 Å². The molecule has 2 N–H and O–H groups in total. The van der Waals surface area contributed by atoms with Gasteiger partial charge in [0.05, 0.1) is 17.1 Å². The third-order valence-electron chi connectivity index (χ3n) is 4.45. The van der Waals surface area contributed by atoms with Gasteiger partial charge < -0.3 is 10.3 Å². The molecule has 0 bridgehead atoms. The van der Waals surface area contributed by atoms with Gasteiger partial charge in [-0.05, 0) is 37.8 Å². The number of imidazole rings is 1. The molecule has 2 heterocycles. The van der Waals surface area contributed by atoms with Gasteiger partial charge in [0, 0.05) is 6.04 Å². The van der Waals surface area contributed by atoms with E-state index in [4.69, 9.17) is 0 Å². The van der Waals surface area contributed by atoms with Gasteiger partial charge in [-0.1, -0.05) is 12.1 Å². The van der Waals surface area contributed by atoms with Crippen molar-refractivity contribution in [2.45, 2.75) is 37.8 Å². The Morgan fingerprint density at radius 3 is 2.78 bits per heavy atom. The number of aromatic nitrogens is 5. The largest absolute Gasteiger partial charge is 0.347 e. The zero-order valence-electron chi connectivity index (χ0n) is 12.6. The number of aromatic amines is 1. The highest BCUT2D eigenvalue weighted by Gasteiger charge is 2.25. The second kappa shape index (κ2) is 5.83. The molecule has 0 unspecified atom stereocenters. The highest BCUT2D eigenvalue weighted by molar-refractivity contribution is 5.94. The van der Waals surface area contributed by atoms with E-state index in [0.29, 0.717) is 11.9 Å². The second-order valence-electron chi connectivity index (χ2n) is 5.96. The molecule has 7 heteroatoms. The summed E-state index contributed by atoms with van der Waals surface area (Å²) in [6.45, 7) is 0. The van der Waals surface area contributed by atoms with E-state index in [1.807, 2.05) is 28.9 Å². The average molecular weight is 310 g/mol. The minimum Gasteiger partial charge on any atom is -0.347 e. The first kappa shape index (κ1) is 13.9. The summed E-state index contributed by atoms with van der Waals surface area (Å²) in [6, 6.07) is 8.23. The summed E-state index contributed by atoms with van der Waals surface area (Å²) in [7, 11) is 0. The van der Waals surface area contributed by atoms with Crippen LogP contribution in [0.1, 0.15) is 42.3 Å². The number of amides is 1. The molecule has 1 saturated carbocycles. The number of H-pyrrole nitrogens is 1. The molecule has 1 fully saturated rings. The topological polar surface area (TPSA) is 88.5 Å². The van der Waals surface area contributed by atoms with Crippen LogP contribution in [0.25, 0.3) is 11.0 Å². The SMILES string of the molecule is O=C(NC1CCC(n2cncn2)CC1)c1nc2ccccc2[nH]1. The van der Waals surface area contributed by atoms with E-state index in [1.54, 1.807) is 12.7 Å². The molecular weight excluding hydrogens is 292 g/mol. The van der Waals surface area contributed by atoms with Crippen molar-refractivity contribution >= 4 is 16.9 Å². The zero-order valence-corrected chi connectivity index (χ0v) is 12.6. The maximum absolute atomic E-state index is 12.4. The van der Waals surface area contributed by atoms with E-state index in [1.165, 1.54) is 0 Å². The molecule has 7 nitrogen and oxygen atoms in total. The van der Waals surface area contributed by atoms with Crippen LogP contribution in [0.15, 0.2) is 36.9 Å². The second-order valence-corrected chi connectivity index (χ2v) is 5.96. The normalized spacial score (nSPS) is 21.4. The van der Waals surface area contributed by atoms with Gasteiger partial charge >= 0.3 is 0 Å².